The summed E-state index contributed by atoms with van der Waals surface area (Å²) in [7, 11) is 0. The molecular formula is C78H163Br4F3N5O15S2-3. The van der Waals surface area contributed by atoms with Gasteiger partial charge in [-0.1, -0.05) is 233 Å². The van der Waals surface area contributed by atoms with Gasteiger partial charge in [-0.3, -0.25) is 14.4 Å². The number of esters is 2. The van der Waals surface area contributed by atoms with Gasteiger partial charge in [0.1, 0.15) is 22.4 Å². The predicted molar refractivity (Wildman–Crippen MR) is 442 cm³/mol. The van der Waals surface area contributed by atoms with Crippen LogP contribution in [0.25, 0.3) is 0 Å². The molecule has 0 saturated heterocycles. The van der Waals surface area contributed by atoms with Crippen molar-refractivity contribution in [2.45, 2.75) is 404 Å². The van der Waals surface area contributed by atoms with Crippen LogP contribution in [0, 0.1) is 0 Å². The number of hydrogen-bond donors (Lipinski definition) is 5. The first-order chi connectivity index (χ1) is 48.6. The maximum Gasteiger partial charge on any atom is 0.519 e. The van der Waals surface area contributed by atoms with Crippen LogP contribution in [0.3, 0.4) is 0 Å². The molecular weight excluding hydrogens is 1690 g/mol. The van der Waals surface area contributed by atoms with Gasteiger partial charge in [-0.05, 0) is 192 Å². The summed E-state index contributed by atoms with van der Waals surface area (Å²) in [5.74, 6) is -1.21. The largest absolute Gasteiger partial charge is 1.00 e. The molecule has 0 spiro atoms. The highest BCUT2D eigenvalue weighted by molar-refractivity contribution is 9.09. The molecule has 0 aliphatic heterocycles. The van der Waals surface area contributed by atoms with E-state index in [-0.39, 0.29) is 68.1 Å². The lowest BCUT2D eigenvalue weighted by Crippen LogP contribution is -3.00. The van der Waals surface area contributed by atoms with E-state index in [4.69, 9.17) is 63.8 Å². The smallest absolute Gasteiger partial charge is 0.519 e. The number of alkyl halides is 5. The summed E-state index contributed by atoms with van der Waals surface area (Å²) in [6, 6.07) is 0. The Hall–Kier alpha value is -1.86. The lowest BCUT2D eigenvalue weighted by Gasteiger charge is -2.20. The number of aldehydes is 1. The summed E-state index contributed by atoms with van der Waals surface area (Å²) in [6.45, 7) is 38.4. The van der Waals surface area contributed by atoms with Gasteiger partial charge in [-0.2, -0.15) is 13.2 Å². The zero-order valence-electron chi connectivity index (χ0n) is 71.5. The van der Waals surface area contributed by atoms with E-state index >= 15 is 0 Å². The summed E-state index contributed by atoms with van der Waals surface area (Å²) in [4.78, 5) is 67.1. The van der Waals surface area contributed by atoms with E-state index < -0.39 is 41.9 Å². The number of aliphatic carboxylic acids is 1. The fraction of sp³-hybridized carbons (Fsp3) is 0.897. The monoisotopic (exact) mass is 1850 g/mol. The molecule has 0 rings (SSSR count). The summed E-state index contributed by atoms with van der Waals surface area (Å²) in [5.41, 5.74) is 16.1. The Morgan fingerprint density at radius 2 is 0.766 bits per heavy atom. The minimum atomic E-state index is -4.64. The van der Waals surface area contributed by atoms with Crippen molar-refractivity contribution >= 4 is 103 Å². The molecule has 13 N–H and O–H groups in total. The lowest BCUT2D eigenvalue weighted by molar-refractivity contribution is -0.368. The molecule has 0 heterocycles. The number of halogens is 7. The van der Waals surface area contributed by atoms with Gasteiger partial charge in [0.05, 0.1) is 18.3 Å². The molecule has 0 aromatic heterocycles. The van der Waals surface area contributed by atoms with E-state index in [1.165, 1.54) is 173 Å². The molecule has 0 aromatic rings. The van der Waals surface area contributed by atoms with Crippen molar-refractivity contribution in [3.8, 4) is 0 Å². The van der Waals surface area contributed by atoms with E-state index in [1.54, 1.807) is 48.5 Å². The normalized spacial score (nSPS) is 10.1. The molecule has 0 amide bonds. The molecule has 0 saturated carbocycles. The van der Waals surface area contributed by atoms with Crippen molar-refractivity contribution in [1.82, 2.24) is 0 Å². The van der Waals surface area contributed by atoms with E-state index in [9.17, 15) is 32.3 Å². The lowest BCUT2D eigenvalue weighted by atomic mass is 10.1. The number of carbonyl (C=O) groups excluding carboxylic acids is 6. The number of carboxylic acid groups (broad SMARTS) is 1. The fourth-order valence-electron chi connectivity index (χ4n) is 7.40. The molecule has 0 bridgehead atoms. The minimum Gasteiger partial charge on any atom is -1.00 e. The SMILES string of the molecule is CC(=O)[O-].CC(C)(C)OC(=O)CCCCCCCBr.CC(C)(C)OC(=O)OC(=O)OC(C)(C)C.CCCCCCCCC(=O)OC(C)(C)C.CCCCCCCCC(=S)CN.CCCCCCCN=C=S.CCCCCCC[NH3+].NCCCCCCO.O=CC(F)(F)F.[2H]CC.[Br-].[Br-].[NH3+]CCCCCCBr.[OH-].[OH-]. The highest BCUT2D eigenvalue weighted by atomic mass is 79.9. The third kappa shape index (κ3) is 203. The van der Waals surface area contributed by atoms with Crippen LogP contribution in [0.1, 0.15) is 377 Å². The summed E-state index contributed by atoms with van der Waals surface area (Å²) in [5, 5.41) is 21.8. The maximum absolute atomic E-state index is 11.3. The highest BCUT2D eigenvalue weighted by Gasteiger charge is 2.26. The number of aliphatic imine (C=N–C) groups is 1. The van der Waals surface area contributed by atoms with Crippen molar-refractivity contribution in [2.24, 2.45) is 16.5 Å². The van der Waals surface area contributed by atoms with Crippen molar-refractivity contribution in [3.63, 3.8) is 0 Å². The van der Waals surface area contributed by atoms with Crippen molar-refractivity contribution in [1.29, 1.82) is 0 Å². The number of quaternary nitrogens is 2. The first-order valence-corrected chi connectivity index (χ1v) is 41.5. The molecule has 0 radical (unpaired) electrons. The number of aliphatic hydroxyl groups is 1. The van der Waals surface area contributed by atoms with Gasteiger partial charge < -0.3 is 107 Å². The molecule has 0 aliphatic rings. The van der Waals surface area contributed by atoms with Gasteiger partial charge in [-0.25, -0.2) is 14.6 Å². The minimum absolute atomic E-state index is 0. The van der Waals surface area contributed by atoms with Gasteiger partial charge in [0.2, 0.25) is 6.29 Å². The molecule has 0 aromatic carbocycles. The van der Waals surface area contributed by atoms with Crippen LogP contribution in [-0.4, -0.2) is 141 Å². The van der Waals surface area contributed by atoms with Crippen molar-refractivity contribution in [3.05, 3.63) is 0 Å². The number of isothiocyanates is 1. The number of rotatable bonds is 43. The Labute approximate surface area is 702 Å². The highest BCUT2D eigenvalue weighted by Crippen LogP contribution is 2.16. The van der Waals surface area contributed by atoms with Crippen molar-refractivity contribution < 1.29 is 134 Å². The third-order valence-electron chi connectivity index (χ3n) is 12.2. The van der Waals surface area contributed by atoms with E-state index in [1.807, 2.05) is 41.5 Å². The van der Waals surface area contributed by atoms with E-state index in [2.05, 4.69) is 98.1 Å². The van der Waals surface area contributed by atoms with E-state index in [0.29, 0.717) is 32.9 Å². The Kier molecular flexibility index (Phi) is 142. The second-order valence-corrected chi connectivity index (χ2v) is 30.2. The quantitative estimate of drug-likeness (QED) is 0.00553. The number of thiocarbonyl (C=S) groups is 2. The summed E-state index contributed by atoms with van der Waals surface area (Å²) >= 11 is 16.3. The van der Waals surface area contributed by atoms with Crippen LogP contribution in [0.5, 0.6) is 0 Å². The van der Waals surface area contributed by atoms with Gasteiger partial charge in [0, 0.05) is 55.4 Å². The Morgan fingerprint density at radius 1 is 0.514 bits per heavy atom. The molecule has 0 aliphatic carbocycles. The number of carbonyl (C=O) groups is 6. The summed E-state index contributed by atoms with van der Waals surface area (Å²) < 4.78 is 61.7. The molecule has 0 atom stereocenters. The van der Waals surface area contributed by atoms with Gasteiger partial charge in [-0.15, -0.1) is 0 Å². The van der Waals surface area contributed by atoms with Crippen LogP contribution in [0.2, 0.25) is 0 Å². The average molecular weight is 1850 g/mol. The first-order valence-electron chi connectivity index (χ1n) is 39.1. The number of hydrogen-bond acceptors (Lipinski definition) is 20. The number of ether oxygens (including phenoxy) is 5. The number of aliphatic hydroxyl groups excluding tert-OH is 1. The maximum atomic E-state index is 11.3. The Bertz CT molecular complexity index is 1760. The van der Waals surface area contributed by atoms with Gasteiger partial charge in [0.25, 0.3) is 0 Å². The molecule has 654 valence electrons. The summed E-state index contributed by atoms with van der Waals surface area (Å²) in [6.07, 6.45) is 38.3. The molecule has 20 nitrogen and oxygen atoms in total. The second kappa shape index (κ2) is 110. The first kappa shape index (κ1) is 137. The third-order valence-corrected chi connectivity index (χ3v) is 13.9. The Morgan fingerprint density at radius 3 is 1.01 bits per heavy atom. The van der Waals surface area contributed by atoms with Crippen LogP contribution in [0.15, 0.2) is 4.99 Å². The number of nitrogens with zero attached hydrogens (tertiary/aromatic N) is 1. The molecule has 107 heavy (non-hydrogen) atoms. The zero-order chi connectivity index (χ0) is 82.9. The van der Waals surface area contributed by atoms with E-state index in [0.717, 1.165) is 106 Å². The van der Waals surface area contributed by atoms with Crippen LogP contribution in [0.4, 0.5) is 22.8 Å². The van der Waals surface area contributed by atoms with Crippen LogP contribution in [-0.2, 0) is 42.9 Å². The van der Waals surface area contributed by atoms with Crippen LogP contribution < -0.4 is 62.0 Å². The zero-order valence-corrected chi connectivity index (χ0v) is 78.5. The molecule has 0 unspecified atom stereocenters. The second-order valence-electron chi connectivity index (χ2n) is 27.9. The topological polar surface area (TPSA) is 372 Å². The fourth-order valence-corrected chi connectivity index (χ4v) is 8.43. The standard InChI is InChI=1S/C13H26O2.C12H23BrO2.C10H21NS.C10H18O5.C8H15NS.C7H17N.C6H14BrN.C6H15NO.C2HF3O.C2H4O2.C2H6.2BrH.2H2O/c1-5-6-7-8-9-10-11-12(14)15-13(2,3)4;1-12(2,3)15-11(14)9-7-5-4-6-8-10-13;1-2-3-4-5-6-7-8-10(12)9-11;1-9(2,3)14-7(11)13-8(12)15-10(4,5)6;1-2-3-4-5-6-7-9-8-10;1-2-3-4-5-6-7-8;2*7-5-3-1-2-4-6-8;3-2(4,5)1-6;1-2(3)4;1-2;;;;/h5-11H2,1-4H3;4-10H2,1-3H3;2-9,11H2,1H3;1-6H3;2-7H2,1H3;2-8H2,1H3;1-6,8H2;8H,1-7H2;1H;1H3,(H,3,4);1-2H3;2*1H;2*1H2/p-3/i;;;;;;;;;;1D;;;;. The average Bonchev–Trinajstić information content (AvgIpc) is 0.926. The van der Waals surface area contributed by atoms with Gasteiger partial charge in [0.15, 0.2) is 0 Å². The van der Waals surface area contributed by atoms with Crippen molar-refractivity contribution in [2.75, 3.05) is 50.0 Å². The molecule has 0 fully saturated rings. The van der Waals surface area contributed by atoms with Gasteiger partial charge >= 0.3 is 30.4 Å². The Balaban J connectivity index is -0.0000000690. The molecule has 29 heteroatoms. The number of unbranched alkanes of at least 4 members (excludes halogenated alkanes) is 28. The number of carboxylic acids is 1. The predicted octanol–water partition coefficient (Wildman–Crippen LogP) is 14.2. The number of nitrogens with two attached hydrogens (primary N) is 2. The van der Waals surface area contributed by atoms with Crippen LogP contribution >= 0.6 is 56.3 Å².